The van der Waals surface area contributed by atoms with Crippen molar-refractivity contribution in [3.63, 3.8) is 0 Å². The van der Waals surface area contributed by atoms with Gasteiger partial charge in [-0.2, -0.15) is 0 Å². The lowest BCUT2D eigenvalue weighted by atomic mass is 10.3. The van der Waals surface area contributed by atoms with E-state index in [0.717, 1.165) is 28.5 Å². The van der Waals surface area contributed by atoms with Crippen molar-refractivity contribution in [2.24, 2.45) is 0 Å². The van der Waals surface area contributed by atoms with Gasteiger partial charge in [0.15, 0.2) is 17.6 Å². The highest BCUT2D eigenvalue weighted by atomic mass is 35.5. The molecule has 1 aromatic carbocycles. The first kappa shape index (κ1) is 22.7. The monoisotopic (exact) mass is 481 g/mol. The molecule has 13 heteroatoms. The Balaban J connectivity index is 1.50. The summed E-state index contributed by atoms with van der Waals surface area (Å²) >= 11 is 8.43. The summed E-state index contributed by atoms with van der Waals surface area (Å²) in [5, 5.41) is 24.1. The van der Waals surface area contributed by atoms with Gasteiger partial charge in [0, 0.05) is 18.3 Å². The van der Waals surface area contributed by atoms with Crippen molar-refractivity contribution in [1.82, 2.24) is 14.8 Å². The second-order valence-corrected chi connectivity index (χ2v) is 8.25. The number of amides is 1. The normalized spacial score (nSPS) is 10.6. The molecule has 0 atom stereocenters. The van der Waals surface area contributed by atoms with E-state index in [1.807, 2.05) is 29.0 Å². The first-order chi connectivity index (χ1) is 14.9. The van der Waals surface area contributed by atoms with Crippen molar-refractivity contribution in [2.45, 2.75) is 18.6 Å². The van der Waals surface area contributed by atoms with Crippen LogP contribution in [-0.4, -0.2) is 43.9 Å². The summed E-state index contributed by atoms with van der Waals surface area (Å²) in [6.45, 7) is 2.05. The molecule has 0 saturated heterocycles. The second-order valence-electron chi connectivity index (χ2n) is 5.95. The molecular weight excluding hydrogens is 466 g/mol. The topological polar surface area (TPSA) is 129 Å². The summed E-state index contributed by atoms with van der Waals surface area (Å²) in [7, 11) is 0. The van der Waals surface area contributed by atoms with E-state index in [-0.39, 0.29) is 22.2 Å². The fraction of sp³-hybridized carbons (Fsp3) is 0.222. The molecule has 0 fully saturated rings. The van der Waals surface area contributed by atoms with Gasteiger partial charge in [0.05, 0.1) is 15.6 Å². The number of nitrogens with zero attached hydrogens (tertiary/aromatic N) is 4. The third kappa shape index (κ3) is 5.81. The van der Waals surface area contributed by atoms with Gasteiger partial charge in [0.1, 0.15) is 5.02 Å². The smallest absolute Gasteiger partial charge is 0.316 e. The van der Waals surface area contributed by atoms with E-state index in [4.69, 9.17) is 16.3 Å². The van der Waals surface area contributed by atoms with E-state index in [9.17, 15) is 19.7 Å². The lowest BCUT2D eigenvalue weighted by molar-refractivity contribution is -0.384. The molecule has 1 amide bonds. The molecule has 31 heavy (non-hydrogen) atoms. The molecule has 0 aliphatic heterocycles. The molecule has 2 aromatic heterocycles. The number of hydrogen-bond acceptors (Lipinski definition) is 9. The molecule has 0 unspecified atom stereocenters. The van der Waals surface area contributed by atoms with Gasteiger partial charge in [-0.3, -0.25) is 19.7 Å². The van der Waals surface area contributed by atoms with E-state index in [2.05, 4.69) is 15.5 Å². The highest BCUT2D eigenvalue weighted by Gasteiger charge is 2.17. The average molecular weight is 482 g/mol. The number of thioether (sulfide) groups is 1. The summed E-state index contributed by atoms with van der Waals surface area (Å²) < 4.78 is 6.86. The van der Waals surface area contributed by atoms with Crippen LogP contribution < -0.4 is 5.32 Å². The summed E-state index contributed by atoms with van der Waals surface area (Å²) in [6.07, 6.45) is 0. The Morgan fingerprint density at radius 3 is 2.84 bits per heavy atom. The molecule has 3 rings (SSSR count). The number of thiophene rings is 1. The third-order valence-electron chi connectivity index (χ3n) is 3.88. The number of ether oxygens (including phenoxy) is 1. The van der Waals surface area contributed by atoms with Crippen molar-refractivity contribution in [1.29, 1.82) is 0 Å². The van der Waals surface area contributed by atoms with Crippen LogP contribution in [0.4, 0.5) is 11.4 Å². The van der Waals surface area contributed by atoms with E-state index in [0.29, 0.717) is 11.7 Å². The van der Waals surface area contributed by atoms with Crippen LogP contribution in [0.25, 0.3) is 10.7 Å². The number of nitrogens with one attached hydrogen (secondary N) is 1. The van der Waals surface area contributed by atoms with Crippen LogP contribution in [0.3, 0.4) is 0 Å². The summed E-state index contributed by atoms with van der Waals surface area (Å²) in [6, 6.07) is 7.70. The second kappa shape index (κ2) is 10.4. The van der Waals surface area contributed by atoms with Gasteiger partial charge in [-0.1, -0.05) is 29.4 Å². The van der Waals surface area contributed by atoms with Crippen LogP contribution in [0.1, 0.15) is 6.92 Å². The zero-order valence-electron chi connectivity index (χ0n) is 16.1. The van der Waals surface area contributed by atoms with Crippen LogP contribution in [0.5, 0.6) is 0 Å². The predicted molar refractivity (Wildman–Crippen MR) is 117 cm³/mol. The molecule has 0 saturated carbocycles. The molecule has 0 radical (unpaired) electrons. The number of aromatic nitrogens is 3. The zero-order chi connectivity index (χ0) is 22.4. The van der Waals surface area contributed by atoms with Gasteiger partial charge >= 0.3 is 5.97 Å². The van der Waals surface area contributed by atoms with Crippen molar-refractivity contribution >= 4 is 58.0 Å². The van der Waals surface area contributed by atoms with Gasteiger partial charge in [0.2, 0.25) is 0 Å². The number of nitro groups is 1. The van der Waals surface area contributed by atoms with Crippen LogP contribution in [0.2, 0.25) is 5.02 Å². The van der Waals surface area contributed by atoms with E-state index in [1.165, 1.54) is 12.1 Å². The molecule has 1 N–H and O–H groups in total. The molecule has 0 aliphatic rings. The molecule has 0 spiro atoms. The first-order valence-corrected chi connectivity index (χ1v) is 11.1. The van der Waals surface area contributed by atoms with Crippen molar-refractivity contribution in [2.75, 3.05) is 17.7 Å². The fourth-order valence-electron chi connectivity index (χ4n) is 2.51. The Kier molecular flexibility index (Phi) is 7.60. The first-order valence-electron chi connectivity index (χ1n) is 8.88. The van der Waals surface area contributed by atoms with Crippen molar-refractivity contribution in [3.8, 4) is 10.7 Å². The Labute approximate surface area is 189 Å². The van der Waals surface area contributed by atoms with Crippen LogP contribution >= 0.6 is 34.7 Å². The average Bonchev–Trinajstić information content (AvgIpc) is 3.41. The largest absolute Gasteiger partial charge is 0.455 e. The molecule has 3 aromatic rings. The number of rotatable bonds is 9. The van der Waals surface area contributed by atoms with Crippen molar-refractivity contribution < 1.29 is 19.2 Å². The highest BCUT2D eigenvalue weighted by Crippen LogP contribution is 2.28. The van der Waals surface area contributed by atoms with Crippen LogP contribution in [0.15, 0.2) is 40.9 Å². The number of benzene rings is 1. The number of esters is 1. The van der Waals surface area contributed by atoms with Crippen LogP contribution in [-0.2, 0) is 20.9 Å². The lowest BCUT2D eigenvalue weighted by Gasteiger charge is -2.08. The minimum atomic E-state index is -0.659. The zero-order valence-corrected chi connectivity index (χ0v) is 18.5. The maximum absolute atomic E-state index is 12.0. The van der Waals surface area contributed by atoms with E-state index < -0.39 is 23.4 Å². The fourth-order valence-corrected chi connectivity index (χ4v) is 4.21. The minimum Gasteiger partial charge on any atom is -0.455 e. The molecule has 2 heterocycles. The predicted octanol–water partition coefficient (Wildman–Crippen LogP) is 3.86. The van der Waals surface area contributed by atoms with Gasteiger partial charge in [-0.05, 0) is 30.5 Å². The number of carbonyl (C=O) groups is 2. The number of halogens is 1. The lowest BCUT2D eigenvalue weighted by Crippen LogP contribution is -2.21. The Morgan fingerprint density at radius 1 is 1.35 bits per heavy atom. The Hall–Kier alpha value is -2.96. The Bertz CT molecular complexity index is 1100. The number of hydrogen-bond donors (Lipinski definition) is 1. The molecule has 0 bridgehead atoms. The maximum atomic E-state index is 12.0. The summed E-state index contributed by atoms with van der Waals surface area (Å²) in [5.41, 5.74) is -0.168. The maximum Gasteiger partial charge on any atom is 0.316 e. The quantitative estimate of drug-likeness (QED) is 0.211. The summed E-state index contributed by atoms with van der Waals surface area (Å²) in [4.78, 5) is 35.2. The van der Waals surface area contributed by atoms with Gasteiger partial charge in [0.25, 0.3) is 11.6 Å². The van der Waals surface area contributed by atoms with E-state index in [1.54, 1.807) is 11.3 Å². The van der Waals surface area contributed by atoms with Gasteiger partial charge in [-0.25, -0.2) is 0 Å². The number of anilines is 1. The molecule has 0 aliphatic carbocycles. The molecular formula is C18H16ClN5O5S2. The standard InChI is InChI=1S/C18H16ClN5O5S2/c1-2-23-17(14-4-3-7-30-14)21-22-18(23)31-10-16(26)29-9-15(25)20-11-5-6-12(19)13(8-11)24(27)28/h3-8H,2,9-10H2,1H3,(H,20,25). The van der Waals surface area contributed by atoms with Gasteiger partial charge < -0.3 is 14.6 Å². The van der Waals surface area contributed by atoms with Crippen molar-refractivity contribution in [3.05, 3.63) is 50.8 Å². The minimum absolute atomic E-state index is 0.0476. The van der Waals surface area contributed by atoms with Gasteiger partial charge in [-0.15, -0.1) is 21.5 Å². The third-order valence-corrected chi connectivity index (χ3v) is 6.01. The van der Waals surface area contributed by atoms with E-state index >= 15 is 0 Å². The Morgan fingerprint density at radius 2 is 2.16 bits per heavy atom. The number of carbonyl (C=O) groups excluding carboxylic acids is 2. The summed E-state index contributed by atoms with van der Waals surface area (Å²) in [5.74, 6) is -0.565. The highest BCUT2D eigenvalue weighted by molar-refractivity contribution is 7.99. The SMILES string of the molecule is CCn1c(SCC(=O)OCC(=O)Nc2ccc(Cl)c([N+](=O)[O-])c2)nnc1-c1cccs1. The van der Waals surface area contributed by atoms with Crippen LogP contribution in [0, 0.1) is 10.1 Å². The molecule has 10 nitrogen and oxygen atoms in total. The molecule has 162 valence electrons. The number of nitro benzene ring substituents is 1.